The van der Waals surface area contributed by atoms with Crippen LogP contribution < -0.4 is 28.6 Å². The molecule has 7 nitrogen and oxygen atoms in total. The fourth-order valence-corrected chi connectivity index (χ4v) is 6.28. The second kappa shape index (κ2) is 8.92. The van der Waals surface area contributed by atoms with Crippen molar-refractivity contribution < 1.29 is 28.5 Å². The number of hydrogen-bond acceptors (Lipinski definition) is 7. The molecule has 0 unspecified atom stereocenters. The summed E-state index contributed by atoms with van der Waals surface area (Å²) in [4.78, 5) is 16.2. The SMILES string of the molecule is COc1cc([C@@H]2c3cc4c(cc3C(=O)[C@H]3CN(c5cccc(Br)c5)C[C@@H]23)OCO4)cc(OC)c1OC. The highest BCUT2D eigenvalue weighted by Gasteiger charge is 2.49. The molecule has 36 heavy (non-hydrogen) atoms. The van der Waals surface area contributed by atoms with Crippen molar-refractivity contribution in [2.75, 3.05) is 46.1 Å². The lowest BCUT2D eigenvalue weighted by molar-refractivity contribution is 0.0878. The highest BCUT2D eigenvalue weighted by Crippen LogP contribution is 2.53. The lowest BCUT2D eigenvalue weighted by Crippen LogP contribution is -2.34. The Kier molecular flexibility index (Phi) is 5.71. The number of rotatable bonds is 5. The molecule has 0 radical (unpaired) electrons. The van der Waals surface area contributed by atoms with E-state index in [1.165, 1.54) is 0 Å². The van der Waals surface area contributed by atoms with Crippen molar-refractivity contribution in [1.82, 2.24) is 0 Å². The number of fused-ring (bicyclic) bond motifs is 3. The summed E-state index contributed by atoms with van der Waals surface area (Å²) < 4.78 is 29.3. The van der Waals surface area contributed by atoms with Crippen molar-refractivity contribution in [1.29, 1.82) is 0 Å². The zero-order chi connectivity index (χ0) is 25.0. The van der Waals surface area contributed by atoms with E-state index in [4.69, 9.17) is 23.7 Å². The van der Waals surface area contributed by atoms with Gasteiger partial charge < -0.3 is 28.6 Å². The van der Waals surface area contributed by atoms with Crippen LogP contribution in [0.4, 0.5) is 5.69 Å². The van der Waals surface area contributed by atoms with Gasteiger partial charge in [-0.05, 0) is 59.5 Å². The number of halogens is 1. The second-order valence-electron chi connectivity index (χ2n) is 9.25. The number of methoxy groups -OCH3 is 3. The van der Waals surface area contributed by atoms with E-state index in [0.717, 1.165) is 27.8 Å². The first-order chi connectivity index (χ1) is 17.5. The number of benzene rings is 3. The third kappa shape index (κ3) is 3.58. The van der Waals surface area contributed by atoms with E-state index in [1.807, 2.05) is 36.4 Å². The van der Waals surface area contributed by atoms with Crippen molar-refractivity contribution in [2.24, 2.45) is 11.8 Å². The average Bonchev–Trinajstić information content (AvgIpc) is 3.54. The molecule has 0 aromatic heterocycles. The van der Waals surface area contributed by atoms with Crippen molar-refractivity contribution in [3.8, 4) is 28.7 Å². The first-order valence-corrected chi connectivity index (χ1v) is 12.6. The largest absolute Gasteiger partial charge is 0.493 e. The van der Waals surface area contributed by atoms with E-state index in [9.17, 15) is 4.79 Å². The highest BCUT2D eigenvalue weighted by atomic mass is 79.9. The van der Waals surface area contributed by atoms with Crippen molar-refractivity contribution in [3.05, 3.63) is 69.7 Å². The monoisotopic (exact) mass is 551 g/mol. The molecule has 1 fully saturated rings. The van der Waals surface area contributed by atoms with E-state index < -0.39 is 0 Å². The van der Waals surface area contributed by atoms with Gasteiger partial charge in [-0.25, -0.2) is 0 Å². The standard InChI is InChI=1S/C28H26BrNO6/c1-32-24-7-15(8-25(33-2)28(24)34-3)26-18-10-22-23(36-14-35-22)11-19(18)27(31)21-13-30(12-20(21)26)17-6-4-5-16(29)9-17/h4-11,20-21,26H,12-14H2,1-3H3/t20-,21+,26-/m1/s1. The molecule has 0 N–H and O–H groups in total. The summed E-state index contributed by atoms with van der Waals surface area (Å²) in [6.07, 6.45) is 0. The summed E-state index contributed by atoms with van der Waals surface area (Å²) in [5.74, 6) is 2.95. The van der Waals surface area contributed by atoms with Gasteiger partial charge in [0, 0.05) is 40.6 Å². The molecule has 1 aliphatic carbocycles. The summed E-state index contributed by atoms with van der Waals surface area (Å²) in [6, 6.07) is 16.0. The Hall–Kier alpha value is -3.39. The fourth-order valence-electron chi connectivity index (χ4n) is 5.89. The summed E-state index contributed by atoms with van der Waals surface area (Å²) in [5.41, 5.74) is 3.72. The lowest BCUT2D eigenvalue weighted by Gasteiger charge is -2.35. The molecule has 8 heteroatoms. The molecule has 2 heterocycles. The molecular weight excluding hydrogens is 526 g/mol. The van der Waals surface area contributed by atoms with Gasteiger partial charge >= 0.3 is 0 Å². The molecule has 3 aliphatic rings. The number of hydrogen-bond donors (Lipinski definition) is 0. The summed E-state index contributed by atoms with van der Waals surface area (Å²) >= 11 is 3.58. The molecule has 6 rings (SSSR count). The first kappa shape index (κ1) is 23.0. The maximum Gasteiger partial charge on any atom is 0.231 e. The zero-order valence-corrected chi connectivity index (χ0v) is 21.8. The number of nitrogens with zero attached hydrogens (tertiary/aromatic N) is 1. The Morgan fingerprint density at radius 3 is 2.31 bits per heavy atom. The number of anilines is 1. The van der Waals surface area contributed by atoms with Gasteiger partial charge in [0.2, 0.25) is 12.5 Å². The molecule has 3 aromatic carbocycles. The van der Waals surface area contributed by atoms with Crippen molar-refractivity contribution in [2.45, 2.75) is 5.92 Å². The molecule has 0 saturated carbocycles. The van der Waals surface area contributed by atoms with Gasteiger partial charge in [-0.15, -0.1) is 0 Å². The van der Waals surface area contributed by atoms with Crippen LogP contribution in [0.3, 0.4) is 0 Å². The third-order valence-electron chi connectivity index (χ3n) is 7.49. The molecule has 0 spiro atoms. The predicted molar refractivity (Wildman–Crippen MR) is 138 cm³/mol. The molecule has 3 aromatic rings. The molecule has 186 valence electrons. The Balaban J connectivity index is 1.52. The molecule has 0 bridgehead atoms. The fraction of sp³-hybridized carbons (Fsp3) is 0.321. The Morgan fingerprint density at radius 2 is 1.64 bits per heavy atom. The van der Waals surface area contributed by atoms with E-state index in [0.29, 0.717) is 40.9 Å². The van der Waals surface area contributed by atoms with Crippen LogP contribution in [0.1, 0.15) is 27.4 Å². The number of carbonyl (C=O) groups is 1. The van der Waals surface area contributed by atoms with Crippen LogP contribution in [-0.2, 0) is 0 Å². The van der Waals surface area contributed by atoms with Crippen LogP contribution in [0.2, 0.25) is 0 Å². The normalized spacial score (nSPS) is 21.7. The Bertz CT molecular complexity index is 1330. The zero-order valence-electron chi connectivity index (χ0n) is 20.2. The summed E-state index contributed by atoms with van der Waals surface area (Å²) in [7, 11) is 4.83. The van der Waals surface area contributed by atoms with E-state index >= 15 is 0 Å². The topological polar surface area (TPSA) is 66.5 Å². The number of ether oxygens (including phenoxy) is 5. The van der Waals surface area contributed by atoms with Gasteiger partial charge in [0.05, 0.1) is 21.3 Å². The minimum atomic E-state index is -0.166. The minimum Gasteiger partial charge on any atom is -0.493 e. The second-order valence-corrected chi connectivity index (χ2v) is 10.2. The van der Waals surface area contributed by atoms with E-state index in [-0.39, 0.29) is 30.3 Å². The van der Waals surface area contributed by atoms with Crippen LogP contribution in [0.15, 0.2) is 53.0 Å². The minimum absolute atomic E-state index is 0.0483. The highest BCUT2D eigenvalue weighted by molar-refractivity contribution is 9.10. The first-order valence-electron chi connectivity index (χ1n) is 11.8. The van der Waals surface area contributed by atoms with Crippen LogP contribution in [-0.4, -0.2) is 47.0 Å². The lowest BCUT2D eigenvalue weighted by atomic mass is 9.67. The van der Waals surface area contributed by atoms with Gasteiger partial charge in [-0.1, -0.05) is 22.0 Å². The maximum atomic E-state index is 13.9. The quantitative estimate of drug-likeness (QED) is 0.427. The molecule has 2 aliphatic heterocycles. The van der Waals surface area contributed by atoms with Gasteiger partial charge in [0.25, 0.3) is 0 Å². The number of Topliss-reactive ketones (excluding diaryl/α,β-unsaturated/α-hetero) is 1. The van der Waals surface area contributed by atoms with Gasteiger partial charge in [-0.3, -0.25) is 4.79 Å². The molecular formula is C28H26BrNO6. The summed E-state index contributed by atoms with van der Waals surface area (Å²) in [5, 5.41) is 0. The number of ketones is 1. The number of carbonyl (C=O) groups excluding carboxylic acids is 1. The van der Waals surface area contributed by atoms with Gasteiger partial charge in [0.15, 0.2) is 28.8 Å². The Labute approximate surface area is 218 Å². The van der Waals surface area contributed by atoms with Crippen LogP contribution >= 0.6 is 15.9 Å². The predicted octanol–water partition coefficient (Wildman–Crippen LogP) is 5.28. The smallest absolute Gasteiger partial charge is 0.231 e. The maximum absolute atomic E-state index is 13.9. The van der Waals surface area contributed by atoms with E-state index in [2.05, 4.69) is 33.0 Å². The summed E-state index contributed by atoms with van der Waals surface area (Å²) in [6.45, 7) is 1.54. The van der Waals surface area contributed by atoms with Gasteiger partial charge in [-0.2, -0.15) is 0 Å². The van der Waals surface area contributed by atoms with E-state index in [1.54, 1.807) is 21.3 Å². The molecule has 0 amide bonds. The molecule has 1 saturated heterocycles. The van der Waals surface area contributed by atoms with Crippen LogP contribution in [0.25, 0.3) is 0 Å². The van der Waals surface area contributed by atoms with Crippen molar-refractivity contribution in [3.63, 3.8) is 0 Å². The van der Waals surface area contributed by atoms with Crippen LogP contribution in [0.5, 0.6) is 28.7 Å². The Morgan fingerprint density at radius 1 is 0.917 bits per heavy atom. The van der Waals surface area contributed by atoms with Crippen LogP contribution in [0, 0.1) is 11.8 Å². The van der Waals surface area contributed by atoms with Gasteiger partial charge in [0.1, 0.15) is 0 Å². The molecule has 3 atom stereocenters. The van der Waals surface area contributed by atoms with Crippen molar-refractivity contribution >= 4 is 27.4 Å². The average molecular weight is 552 g/mol. The third-order valence-corrected chi connectivity index (χ3v) is 7.99.